The molecule has 2 aromatic rings. The molecule has 0 unspecified atom stereocenters. The number of hydrogen-bond donors (Lipinski definition) is 0. The van der Waals surface area contributed by atoms with Gasteiger partial charge in [-0.1, -0.05) is 6.07 Å². The van der Waals surface area contributed by atoms with Gasteiger partial charge in [0.15, 0.2) is 0 Å². The Morgan fingerprint density at radius 2 is 2.22 bits per heavy atom. The predicted molar refractivity (Wildman–Crippen MR) is 82.9 cm³/mol. The summed E-state index contributed by atoms with van der Waals surface area (Å²) in [7, 11) is -1.75. The topological polar surface area (TPSA) is 91.9 Å². The summed E-state index contributed by atoms with van der Waals surface area (Å²) in [4.78, 5) is 0.162. The fourth-order valence-electron chi connectivity index (χ4n) is 2.91. The van der Waals surface area contributed by atoms with Crippen LogP contribution in [0.25, 0.3) is 0 Å². The van der Waals surface area contributed by atoms with Gasteiger partial charge in [-0.2, -0.15) is 9.57 Å². The molecule has 120 valence electrons. The van der Waals surface area contributed by atoms with E-state index < -0.39 is 10.0 Å². The molecule has 0 spiro atoms. The van der Waals surface area contributed by atoms with Gasteiger partial charge in [-0.3, -0.25) is 0 Å². The number of nitriles is 1. The van der Waals surface area contributed by atoms with Gasteiger partial charge in [-0.25, -0.2) is 8.42 Å². The number of rotatable bonds is 3. The molecule has 1 aromatic heterocycles. The van der Waals surface area contributed by atoms with Crippen molar-refractivity contribution >= 4 is 10.0 Å². The van der Waals surface area contributed by atoms with Crippen molar-refractivity contribution < 1.29 is 8.42 Å². The third-order valence-electron chi connectivity index (χ3n) is 4.10. The predicted octanol–water partition coefficient (Wildman–Crippen LogP) is 1.26. The van der Waals surface area contributed by atoms with Crippen molar-refractivity contribution in [3.05, 3.63) is 42.0 Å². The molecule has 2 heterocycles. The van der Waals surface area contributed by atoms with Crippen LogP contribution in [0.3, 0.4) is 0 Å². The Labute approximate surface area is 135 Å². The minimum absolute atomic E-state index is 0.0326. The van der Waals surface area contributed by atoms with Crippen molar-refractivity contribution in [1.29, 1.82) is 5.26 Å². The molecule has 0 saturated carbocycles. The smallest absolute Gasteiger partial charge is 0.243 e. The number of aryl methyl sites for hydroxylation is 1. The van der Waals surface area contributed by atoms with Gasteiger partial charge in [0, 0.05) is 26.1 Å². The maximum atomic E-state index is 12.8. The Bertz CT molecular complexity index is 853. The van der Waals surface area contributed by atoms with Crippen molar-refractivity contribution in [3.63, 3.8) is 0 Å². The first-order valence-electron chi connectivity index (χ1n) is 7.36. The van der Waals surface area contributed by atoms with Gasteiger partial charge < -0.3 is 4.57 Å². The summed E-state index contributed by atoms with van der Waals surface area (Å²) < 4.78 is 29.0. The molecular weight excluding hydrogens is 314 g/mol. The third kappa shape index (κ3) is 2.98. The van der Waals surface area contributed by atoms with Gasteiger partial charge in [-0.15, -0.1) is 10.2 Å². The van der Waals surface area contributed by atoms with Crippen LogP contribution in [0.15, 0.2) is 35.5 Å². The minimum atomic E-state index is -3.61. The highest BCUT2D eigenvalue weighted by atomic mass is 32.2. The molecule has 0 amide bonds. The molecule has 1 aliphatic rings. The lowest BCUT2D eigenvalue weighted by Gasteiger charge is -2.31. The van der Waals surface area contributed by atoms with E-state index in [0.29, 0.717) is 18.7 Å². The van der Waals surface area contributed by atoms with E-state index in [1.165, 1.54) is 16.4 Å². The lowest BCUT2D eigenvalue weighted by Crippen LogP contribution is -2.39. The Balaban J connectivity index is 1.88. The number of benzene rings is 1. The Morgan fingerprint density at radius 3 is 2.91 bits per heavy atom. The second kappa shape index (κ2) is 6.10. The van der Waals surface area contributed by atoms with Crippen LogP contribution in [0.5, 0.6) is 0 Å². The van der Waals surface area contributed by atoms with Gasteiger partial charge >= 0.3 is 0 Å². The highest BCUT2D eigenvalue weighted by molar-refractivity contribution is 7.89. The van der Waals surface area contributed by atoms with Gasteiger partial charge in [-0.05, 0) is 31.0 Å². The summed E-state index contributed by atoms with van der Waals surface area (Å²) >= 11 is 0. The molecule has 7 nitrogen and oxygen atoms in total. The average Bonchev–Trinajstić information content (AvgIpc) is 3.01. The zero-order valence-electron chi connectivity index (χ0n) is 12.8. The van der Waals surface area contributed by atoms with Crippen LogP contribution in [-0.4, -0.2) is 40.6 Å². The van der Waals surface area contributed by atoms with Crippen LogP contribution < -0.4 is 0 Å². The summed E-state index contributed by atoms with van der Waals surface area (Å²) in [6, 6.07) is 8.11. The monoisotopic (exact) mass is 331 g/mol. The van der Waals surface area contributed by atoms with E-state index >= 15 is 0 Å². The number of hydrogen-bond acceptors (Lipinski definition) is 5. The zero-order chi connectivity index (χ0) is 16.4. The van der Waals surface area contributed by atoms with Crippen LogP contribution in [0, 0.1) is 11.3 Å². The zero-order valence-corrected chi connectivity index (χ0v) is 13.6. The maximum absolute atomic E-state index is 12.8. The third-order valence-corrected chi connectivity index (χ3v) is 5.96. The molecule has 1 atom stereocenters. The number of nitrogens with zero attached hydrogens (tertiary/aromatic N) is 5. The minimum Gasteiger partial charge on any atom is -0.320 e. The van der Waals surface area contributed by atoms with E-state index in [9.17, 15) is 8.42 Å². The van der Waals surface area contributed by atoms with E-state index in [2.05, 4.69) is 10.2 Å². The lowest BCUT2D eigenvalue weighted by atomic mass is 9.99. The molecule has 1 aliphatic heterocycles. The fourth-order valence-corrected chi connectivity index (χ4v) is 4.48. The van der Waals surface area contributed by atoms with Crippen molar-refractivity contribution in [2.75, 3.05) is 13.1 Å². The van der Waals surface area contributed by atoms with Gasteiger partial charge in [0.1, 0.15) is 12.2 Å². The van der Waals surface area contributed by atoms with E-state index in [-0.39, 0.29) is 10.8 Å². The molecule has 1 aromatic carbocycles. The molecule has 0 N–H and O–H groups in total. The largest absolute Gasteiger partial charge is 0.320 e. The van der Waals surface area contributed by atoms with Crippen LogP contribution in [0.2, 0.25) is 0 Å². The van der Waals surface area contributed by atoms with E-state index in [1.54, 1.807) is 18.5 Å². The van der Waals surface area contributed by atoms with Gasteiger partial charge in [0.25, 0.3) is 0 Å². The summed E-state index contributed by atoms with van der Waals surface area (Å²) in [5.74, 6) is 0.834. The normalized spacial score (nSPS) is 19.4. The SMILES string of the molecule is Cn1cnnc1[C@H]1CCCN(S(=O)(=O)c2cccc(C#N)c2)C1. The summed E-state index contributed by atoms with van der Waals surface area (Å²) in [5, 5.41) is 16.9. The number of sulfonamides is 1. The van der Waals surface area contributed by atoms with Crippen LogP contribution in [-0.2, 0) is 17.1 Å². The van der Waals surface area contributed by atoms with E-state index in [4.69, 9.17) is 5.26 Å². The molecule has 0 radical (unpaired) electrons. The first-order valence-corrected chi connectivity index (χ1v) is 8.80. The molecule has 3 rings (SSSR count). The van der Waals surface area contributed by atoms with Crippen molar-refractivity contribution in [2.45, 2.75) is 23.7 Å². The summed E-state index contributed by atoms with van der Waals surface area (Å²) in [5.41, 5.74) is 0.341. The highest BCUT2D eigenvalue weighted by Gasteiger charge is 2.32. The molecule has 1 saturated heterocycles. The lowest BCUT2D eigenvalue weighted by molar-refractivity contribution is 0.306. The van der Waals surface area contributed by atoms with Gasteiger partial charge in [0.2, 0.25) is 10.0 Å². The Kier molecular flexibility index (Phi) is 4.15. The second-order valence-electron chi connectivity index (χ2n) is 5.64. The molecule has 8 heteroatoms. The van der Waals surface area contributed by atoms with Crippen LogP contribution in [0.1, 0.15) is 30.1 Å². The van der Waals surface area contributed by atoms with Crippen molar-refractivity contribution in [3.8, 4) is 6.07 Å². The second-order valence-corrected chi connectivity index (χ2v) is 7.58. The maximum Gasteiger partial charge on any atom is 0.243 e. The van der Waals surface area contributed by atoms with Gasteiger partial charge in [0.05, 0.1) is 16.5 Å². The molecule has 0 bridgehead atoms. The van der Waals surface area contributed by atoms with Crippen molar-refractivity contribution in [2.24, 2.45) is 7.05 Å². The number of aromatic nitrogens is 3. The van der Waals surface area contributed by atoms with Crippen LogP contribution in [0.4, 0.5) is 0 Å². The quantitative estimate of drug-likeness (QED) is 0.844. The van der Waals surface area contributed by atoms with E-state index in [0.717, 1.165) is 18.7 Å². The molecule has 0 aliphatic carbocycles. The Morgan fingerprint density at radius 1 is 1.39 bits per heavy atom. The first kappa shape index (κ1) is 15.6. The summed E-state index contributed by atoms with van der Waals surface area (Å²) in [6.07, 6.45) is 3.28. The summed E-state index contributed by atoms with van der Waals surface area (Å²) in [6.45, 7) is 0.860. The van der Waals surface area contributed by atoms with Crippen LogP contribution >= 0.6 is 0 Å². The van der Waals surface area contributed by atoms with Crippen molar-refractivity contribution in [1.82, 2.24) is 19.1 Å². The standard InChI is InChI=1S/C15H17N5O2S/c1-19-11-17-18-15(19)13-5-3-7-20(10-13)23(21,22)14-6-2-4-12(8-14)9-16/h2,4,6,8,11,13H,3,5,7,10H2,1H3/t13-/m0/s1. The molecule has 1 fully saturated rings. The average molecular weight is 331 g/mol. The Hall–Kier alpha value is -2.24. The fraction of sp³-hybridized carbons (Fsp3) is 0.400. The molecular formula is C15H17N5O2S. The van der Waals surface area contributed by atoms with E-state index in [1.807, 2.05) is 17.7 Å². The highest BCUT2D eigenvalue weighted by Crippen LogP contribution is 2.29. The first-order chi connectivity index (χ1) is 11.0. The molecule has 23 heavy (non-hydrogen) atoms. The number of piperidine rings is 1.